The van der Waals surface area contributed by atoms with E-state index in [0.717, 1.165) is 17.3 Å². The third kappa shape index (κ3) is 5.70. The van der Waals surface area contributed by atoms with E-state index >= 15 is 4.39 Å². The van der Waals surface area contributed by atoms with Crippen LogP contribution in [0, 0.1) is 10.6 Å². The number of aromatic nitrogens is 4. The van der Waals surface area contributed by atoms with Crippen LogP contribution in [0.25, 0.3) is 28.0 Å². The summed E-state index contributed by atoms with van der Waals surface area (Å²) in [7, 11) is 3.18. The standard InChI is InChI=1S/C34H32F2N6O5S/c1-46-22-12-20(13-23(14-22)47-2)32-37-41(34(48)42(32)21-6-4-3-5-7-21)19-38-8-10-39(11-9-38)29-17-28-24(15-26(29)35)31(43)25(33(44)45)18-40(28)30-16-27(30)36/h3-7,12-15,17-18,27,30H,8-11,16,19H2,1-2H3,(H,44,45)/t27-,30+/m0/s1. The second-order valence-corrected chi connectivity index (χ2v) is 12.2. The van der Waals surface area contributed by atoms with Gasteiger partial charge in [0.2, 0.25) is 10.2 Å². The molecule has 1 aliphatic heterocycles. The van der Waals surface area contributed by atoms with Crippen molar-refractivity contribution in [2.24, 2.45) is 0 Å². The zero-order valence-corrected chi connectivity index (χ0v) is 27.0. The van der Waals surface area contributed by atoms with E-state index in [-0.39, 0.29) is 17.5 Å². The van der Waals surface area contributed by atoms with Crippen molar-refractivity contribution in [3.63, 3.8) is 0 Å². The van der Waals surface area contributed by atoms with Crippen molar-refractivity contribution in [2.45, 2.75) is 25.3 Å². The molecule has 2 aliphatic rings. The number of benzene rings is 3. The van der Waals surface area contributed by atoms with Crippen LogP contribution in [0.3, 0.4) is 0 Å². The molecule has 48 heavy (non-hydrogen) atoms. The molecule has 5 aromatic rings. The van der Waals surface area contributed by atoms with E-state index in [0.29, 0.717) is 60.5 Å². The van der Waals surface area contributed by atoms with Crippen molar-refractivity contribution in [3.05, 3.63) is 93.2 Å². The molecular formula is C34H32F2N6O5S. The maximum atomic E-state index is 15.5. The molecule has 3 heterocycles. The molecule has 2 aromatic heterocycles. The molecule has 1 N–H and O–H groups in total. The molecule has 0 spiro atoms. The third-order valence-electron chi connectivity index (χ3n) is 8.88. The van der Waals surface area contributed by atoms with E-state index in [4.69, 9.17) is 26.8 Å². The summed E-state index contributed by atoms with van der Waals surface area (Å²) in [5.74, 6) is -0.235. The fourth-order valence-electron chi connectivity index (χ4n) is 6.22. The van der Waals surface area contributed by atoms with Crippen LogP contribution in [-0.4, -0.2) is 81.5 Å². The monoisotopic (exact) mass is 674 g/mol. The van der Waals surface area contributed by atoms with Crippen molar-refractivity contribution < 1.29 is 28.2 Å². The molecule has 7 rings (SSSR count). The average Bonchev–Trinajstić information content (AvgIpc) is 3.74. The van der Waals surface area contributed by atoms with Crippen molar-refractivity contribution in [3.8, 4) is 28.6 Å². The van der Waals surface area contributed by atoms with Crippen LogP contribution in [0.15, 0.2) is 71.7 Å². The van der Waals surface area contributed by atoms with E-state index in [1.165, 1.54) is 16.8 Å². The SMILES string of the molecule is COc1cc(OC)cc(-c2nn(CN3CCN(c4cc5c(cc4F)c(=O)c(C(=O)O)cn5[C@@H]4C[C@@H]4F)CC3)c(=S)n2-c2ccccc2)c1. The number of aromatic carboxylic acids is 1. The number of hydrogen-bond acceptors (Lipinski definition) is 8. The Balaban J connectivity index is 1.17. The van der Waals surface area contributed by atoms with E-state index in [9.17, 15) is 19.1 Å². The Kier molecular flexibility index (Phi) is 8.21. The van der Waals surface area contributed by atoms with Crippen LogP contribution in [0.1, 0.15) is 22.8 Å². The Morgan fingerprint density at radius 1 is 1.02 bits per heavy atom. The van der Waals surface area contributed by atoms with Gasteiger partial charge in [-0.05, 0) is 48.6 Å². The summed E-state index contributed by atoms with van der Waals surface area (Å²) in [6.45, 7) is 2.42. The Bertz CT molecular complexity index is 2140. The van der Waals surface area contributed by atoms with Gasteiger partial charge in [0.05, 0.1) is 38.1 Å². The maximum absolute atomic E-state index is 15.5. The topological polar surface area (TPSA) is 107 Å². The number of para-hydroxylation sites is 1. The molecule has 1 saturated carbocycles. The number of methoxy groups -OCH3 is 2. The molecule has 0 unspecified atom stereocenters. The minimum Gasteiger partial charge on any atom is -0.497 e. The fraction of sp³-hybridized carbons (Fsp3) is 0.294. The highest BCUT2D eigenvalue weighted by Crippen LogP contribution is 2.41. The zero-order chi connectivity index (χ0) is 33.7. The van der Waals surface area contributed by atoms with E-state index in [2.05, 4.69) is 4.90 Å². The number of anilines is 1. The molecule has 1 aliphatic carbocycles. The first kappa shape index (κ1) is 31.5. The number of fused-ring (bicyclic) bond motifs is 1. The van der Waals surface area contributed by atoms with Gasteiger partial charge in [0.25, 0.3) is 0 Å². The number of carboxylic acids is 1. The summed E-state index contributed by atoms with van der Waals surface area (Å²) in [6.07, 6.45) is 0.223. The Morgan fingerprint density at radius 3 is 2.29 bits per heavy atom. The van der Waals surface area contributed by atoms with Crippen LogP contribution >= 0.6 is 12.2 Å². The number of carbonyl (C=O) groups is 1. The van der Waals surface area contributed by atoms with E-state index in [1.807, 2.05) is 51.9 Å². The van der Waals surface area contributed by atoms with Crippen molar-refractivity contribution in [1.29, 1.82) is 0 Å². The Labute approximate surface area is 278 Å². The Morgan fingerprint density at radius 2 is 1.69 bits per heavy atom. The highest BCUT2D eigenvalue weighted by atomic mass is 32.1. The second-order valence-electron chi connectivity index (χ2n) is 11.8. The van der Waals surface area contributed by atoms with Gasteiger partial charge in [0.15, 0.2) is 5.82 Å². The van der Waals surface area contributed by atoms with Gasteiger partial charge in [0.1, 0.15) is 29.1 Å². The van der Waals surface area contributed by atoms with Gasteiger partial charge in [-0.15, -0.1) is 5.10 Å². The van der Waals surface area contributed by atoms with Crippen molar-refractivity contribution in [1.82, 2.24) is 23.8 Å². The number of pyridine rings is 1. The van der Waals surface area contributed by atoms with Gasteiger partial charge in [-0.3, -0.25) is 14.3 Å². The highest BCUT2D eigenvalue weighted by molar-refractivity contribution is 7.71. The lowest BCUT2D eigenvalue weighted by Gasteiger charge is -2.36. The molecule has 11 nitrogen and oxygen atoms in total. The smallest absolute Gasteiger partial charge is 0.341 e. The summed E-state index contributed by atoms with van der Waals surface area (Å²) in [5, 5.41) is 14.4. The lowest BCUT2D eigenvalue weighted by Crippen LogP contribution is -2.47. The molecule has 0 amide bonds. The predicted molar refractivity (Wildman–Crippen MR) is 178 cm³/mol. The lowest BCUT2D eigenvalue weighted by molar-refractivity contribution is 0.0694. The molecule has 248 valence electrons. The van der Waals surface area contributed by atoms with Crippen molar-refractivity contribution in [2.75, 3.05) is 45.3 Å². The van der Waals surface area contributed by atoms with Crippen molar-refractivity contribution >= 4 is 34.8 Å². The number of ether oxygens (including phenoxy) is 2. The molecular weight excluding hydrogens is 642 g/mol. The van der Waals surface area contributed by atoms with Gasteiger partial charge < -0.3 is 24.0 Å². The number of nitrogens with zero attached hydrogens (tertiary/aromatic N) is 6. The summed E-state index contributed by atoms with van der Waals surface area (Å²) in [5.41, 5.74) is 0.891. The van der Waals surface area contributed by atoms with Crippen LogP contribution in [-0.2, 0) is 6.67 Å². The fourth-order valence-corrected chi connectivity index (χ4v) is 6.51. The first-order chi connectivity index (χ1) is 23.2. The number of piperazine rings is 1. The van der Waals surface area contributed by atoms with E-state index < -0.39 is 35.0 Å². The van der Waals surface area contributed by atoms with Gasteiger partial charge >= 0.3 is 5.97 Å². The van der Waals surface area contributed by atoms with Crippen LogP contribution in [0.2, 0.25) is 0 Å². The summed E-state index contributed by atoms with van der Waals surface area (Å²) < 4.78 is 46.3. The number of hydrogen-bond donors (Lipinski definition) is 1. The lowest BCUT2D eigenvalue weighted by atomic mass is 10.1. The Hall–Kier alpha value is -5.08. The molecule has 0 bridgehead atoms. The normalized spacial score (nSPS) is 17.9. The number of rotatable bonds is 9. The molecule has 1 saturated heterocycles. The largest absolute Gasteiger partial charge is 0.497 e. The van der Waals surface area contributed by atoms with Gasteiger partial charge in [-0.25, -0.2) is 18.3 Å². The van der Waals surface area contributed by atoms with Crippen LogP contribution < -0.4 is 19.8 Å². The maximum Gasteiger partial charge on any atom is 0.341 e. The first-order valence-electron chi connectivity index (χ1n) is 15.4. The average molecular weight is 675 g/mol. The summed E-state index contributed by atoms with van der Waals surface area (Å²) in [6, 6.07) is 17.3. The highest BCUT2D eigenvalue weighted by Gasteiger charge is 2.40. The van der Waals surface area contributed by atoms with E-state index in [1.54, 1.807) is 25.0 Å². The quantitative estimate of drug-likeness (QED) is 0.209. The van der Waals surface area contributed by atoms with Gasteiger partial charge in [-0.1, -0.05) is 18.2 Å². The molecule has 2 atom stereocenters. The zero-order valence-electron chi connectivity index (χ0n) is 26.2. The first-order valence-corrected chi connectivity index (χ1v) is 15.8. The molecule has 3 aromatic carbocycles. The minimum atomic E-state index is -1.43. The van der Waals surface area contributed by atoms with Crippen LogP contribution in [0.5, 0.6) is 11.5 Å². The number of carboxylic acid groups (broad SMARTS) is 1. The predicted octanol–water partition coefficient (Wildman–Crippen LogP) is 5.30. The summed E-state index contributed by atoms with van der Waals surface area (Å²) >= 11 is 5.95. The number of halogens is 2. The number of alkyl halides is 1. The van der Waals surface area contributed by atoms with Crippen LogP contribution in [0.4, 0.5) is 14.5 Å². The van der Waals surface area contributed by atoms with Gasteiger partial charge in [-0.2, -0.15) is 0 Å². The second kappa shape index (κ2) is 12.5. The van der Waals surface area contributed by atoms with Gasteiger partial charge in [0, 0.05) is 61.5 Å². The molecule has 0 radical (unpaired) electrons. The third-order valence-corrected chi connectivity index (χ3v) is 9.27. The minimum absolute atomic E-state index is 0.0817. The molecule has 2 fully saturated rings. The summed E-state index contributed by atoms with van der Waals surface area (Å²) in [4.78, 5) is 28.6. The molecule has 14 heteroatoms.